The predicted octanol–water partition coefficient (Wildman–Crippen LogP) is 2.98. The van der Waals surface area contributed by atoms with Gasteiger partial charge in [-0.15, -0.1) is 0 Å². The van der Waals surface area contributed by atoms with Gasteiger partial charge in [0.25, 0.3) is 0 Å². The molecule has 2 aromatic carbocycles. The molecule has 1 saturated heterocycles. The maximum atomic E-state index is 12.5. The van der Waals surface area contributed by atoms with Gasteiger partial charge in [-0.25, -0.2) is 9.59 Å². The van der Waals surface area contributed by atoms with Gasteiger partial charge in [-0.1, -0.05) is 59.0 Å². The first-order valence-corrected chi connectivity index (χ1v) is 9.71. The van der Waals surface area contributed by atoms with Crippen LogP contribution in [-0.4, -0.2) is 45.6 Å². The highest BCUT2D eigenvalue weighted by Crippen LogP contribution is 2.31. The van der Waals surface area contributed by atoms with Crippen molar-refractivity contribution in [3.63, 3.8) is 0 Å². The van der Waals surface area contributed by atoms with Crippen LogP contribution in [0.25, 0.3) is 0 Å². The summed E-state index contributed by atoms with van der Waals surface area (Å²) in [6.45, 7) is 1.76. The summed E-state index contributed by atoms with van der Waals surface area (Å²) in [5, 5.41) is 10.3. The minimum absolute atomic E-state index is 0.313. The third-order valence-electron chi connectivity index (χ3n) is 4.23. The molecule has 2 aromatic rings. The molecule has 5 atom stereocenters. The first kappa shape index (κ1) is 19.8. The zero-order valence-corrected chi connectivity index (χ0v) is 16.7. The molecule has 0 aliphatic carbocycles. The lowest BCUT2D eigenvalue weighted by Crippen LogP contribution is -2.57. The molecule has 6 nitrogen and oxygen atoms in total. The lowest BCUT2D eigenvalue weighted by Gasteiger charge is -2.40. The number of alkyl halides is 1. The largest absolute Gasteiger partial charge is 0.453 e. The van der Waals surface area contributed by atoms with Crippen LogP contribution in [-0.2, 0) is 14.2 Å². The van der Waals surface area contributed by atoms with Crippen molar-refractivity contribution in [2.45, 2.75) is 35.5 Å². The molecule has 3 rings (SSSR count). The molecule has 0 spiro atoms. The Labute approximate surface area is 170 Å². The van der Waals surface area contributed by atoms with E-state index < -0.39 is 30.4 Å². The number of aliphatic hydroxyl groups excluding tert-OH is 1. The lowest BCUT2D eigenvalue weighted by molar-refractivity contribution is -0.237. The molecular weight excluding hydrogens is 463 g/mol. The van der Waals surface area contributed by atoms with Crippen molar-refractivity contribution in [1.29, 1.82) is 0 Å². The average Bonchev–Trinajstić information content (AvgIpc) is 2.69. The second kappa shape index (κ2) is 8.81. The third kappa shape index (κ3) is 4.66. The van der Waals surface area contributed by atoms with Gasteiger partial charge in [0.2, 0.25) is 0 Å². The number of rotatable bonds is 4. The molecule has 7 heteroatoms. The molecule has 2 unspecified atom stereocenters. The average molecular weight is 482 g/mol. The molecule has 1 aliphatic rings. The molecule has 1 fully saturated rings. The van der Waals surface area contributed by atoms with Crippen LogP contribution in [0.2, 0.25) is 0 Å². The highest BCUT2D eigenvalue weighted by Gasteiger charge is 2.47. The molecule has 0 aromatic heterocycles. The molecule has 1 aliphatic heterocycles. The van der Waals surface area contributed by atoms with Crippen LogP contribution in [0.4, 0.5) is 0 Å². The number of esters is 2. The number of halogens is 1. The molecule has 27 heavy (non-hydrogen) atoms. The standard InChI is InChI=1S/C20H19IO6/c1-12-15(21)16(26-18(22)13-8-4-2-5-9-13)17(20(24)25-12)27-19(23)14-10-6-3-7-11-14/h2-12,15-17,20,24H,1H3/t12?,15-,16+,17?,20+/m0/s1. The molecule has 1 heterocycles. The highest BCUT2D eigenvalue weighted by atomic mass is 127. The van der Waals surface area contributed by atoms with E-state index in [2.05, 4.69) is 22.6 Å². The van der Waals surface area contributed by atoms with Crippen molar-refractivity contribution in [1.82, 2.24) is 0 Å². The van der Waals surface area contributed by atoms with Crippen molar-refractivity contribution >= 4 is 34.5 Å². The smallest absolute Gasteiger partial charge is 0.338 e. The Morgan fingerprint density at radius 1 is 0.889 bits per heavy atom. The Bertz CT molecular complexity index is 782. The molecular formula is C20H19IO6. The van der Waals surface area contributed by atoms with Crippen LogP contribution in [0, 0.1) is 0 Å². The fourth-order valence-corrected chi connectivity index (χ4v) is 3.50. The fourth-order valence-electron chi connectivity index (χ4n) is 2.77. The molecule has 142 valence electrons. The molecule has 0 radical (unpaired) electrons. The topological polar surface area (TPSA) is 82.1 Å². The Morgan fingerprint density at radius 2 is 1.33 bits per heavy atom. The molecule has 0 amide bonds. The number of carbonyl (C=O) groups is 2. The van der Waals surface area contributed by atoms with Crippen LogP contribution >= 0.6 is 22.6 Å². The van der Waals surface area contributed by atoms with Gasteiger partial charge in [-0.2, -0.15) is 0 Å². The number of benzene rings is 2. The number of ether oxygens (including phenoxy) is 3. The lowest BCUT2D eigenvalue weighted by atomic mass is 10.0. The van der Waals surface area contributed by atoms with Crippen molar-refractivity contribution < 1.29 is 28.9 Å². The highest BCUT2D eigenvalue weighted by molar-refractivity contribution is 14.1. The fraction of sp³-hybridized carbons (Fsp3) is 0.300. The van der Waals surface area contributed by atoms with Crippen LogP contribution in [0.1, 0.15) is 27.6 Å². The summed E-state index contributed by atoms with van der Waals surface area (Å²) in [7, 11) is 0. The first-order chi connectivity index (χ1) is 13.0. The van der Waals surface area contributed by atoms with E-state index in [0.717, 1.165) is 0 Å². The van der Waals surface area contributed by atoms with Crippen LogP contribution in [0.5, 0.6) is 0 Å². The Hall–Kier alpha value is -1.97. The van der Waals surface area contributed by atoms with Gasteiger partial charge in [0.05, 0.1) is 21.2 Å². The summed E-state index contributed by atoms with van der Waals surface area (Å²) in [5.74, 6) is -1.17. The van der Waals surface area contributed by atoms with Gasteiger partial charge in [0, 0.05) is 0 Å². The van der Waals surface area contributed by atoms with Crippen molar-refractivity contribution in [3.05, 3.63) is 71.8 Å². The third-order valence-corrected chi connectivity index (χ3v) is 5.95. The van der Waals surface area contributed by atoms with Gasteiger partial charge in [-0.3, -0.25) is 0 Å². The van der Waals surface area contributed by atoms with E-state index in [9.17, 15) is 14.7 Å². The summed E-state index contributed by atoms with van der Waals surface area (Å²) < 4.78 is 16.2. The van der Waals surface area contributed by atoms with E-state index >= 15 is 0 Å². The summed E-state index contributed by atoms with van der Waals surface area (Å²) in [5.41, 5.74) is 0.712. The summed E-state index contributed by atoms with van der Waals surface area (Å²) in [4.78, 5) is 24.9. The SMILES string of the molecule is CC1O[C@@H](O)C(OC(=O)c2ccccc2)[C@H](OC(=O)c2ccccc2)[C@H]1I. The van der Waals surface area contributed by atoms with Crippen LogP contribution < -0.4 is 0 Å². The van der Waals surface area contributed by atoms with Crippen LogP contribution in [0.3, 0.4) is 0 Å². The van der Waals surface area contributed by atoms with E-state index in [4.69, 9.17) is 14.2 Å². The summed E-state index contributed by atoms with van der Waals surface area (Å²) >= 11 is 2.08. The van der Waals surface area contributed by atoms with E-state index in [0.29, 0.717) is 11.1 Å². The number of hydrogen-bond donors (Lipinski definition) is 1. The molecule has 1 N–H and O–H groups in total. The number of carbonyl (C=O) groups excluding carboxylic acids is 2. The van der Waals surface area contributed by atoms with Gasteiger partial charge in [0.1, 0.15) is 0 Å². The van der Waals surface area contributed by atoms with Crippen molar-refractivity contribution in [2.75, 3.05) is 0 Å². The van der Waals surface area contributed by atoms with E-state index in [1.807, 2.05) is 0 Å². The Morgan fingerprint density at radius 3 is 1.81 bits per heavy atom. The molecule has 0 saturated carbocycles. The van der Waals surface area contributed by atoms with Crippen molar-refractivity contribution in [3.8, 4) is 0 Å². The minimum Gasteiger partial charge on any atom is -0.453 e. The van der Waals surface area contributed by atoms with Gasteiger partial charge in [-0.05, 0) is 31.2 Å². The second-order valence-corrected chi connectivity index (χ2v) is 7.59. The Balaban J connectivity index is 1.80. The zero-order chi connectivity index (χ0) is 19.4. The normalized spacial score (nSPS) is 27.6. The van der Waals surface area contributed by atoms with E-state index in [-0.39, 0.29) is 10.0 Å². The van der Waals surface area contributed by atoms with Gasteiger partial charge < -0.3 is 19.3 Å². The number of hydrogen-bond acceptors (Lipinski definition) is 6. The monoisotopic (exact) mass is 482 g/mol. The summed E-state index contributed by atoms with van der Waals surface area (Å²) in [6.07, 6.45) is -3.78. The molecule has 0 bridgehead atoms. The maximum absolute atomic E-state index is 12.5. The van der Waals surface area contributed by atoms with E-state index in [1.54, 1.807) is 67.6 Å². The van der Waals surface area contributed by atoms with E-state index in [1.165, 1.54) is 0 Å². The second-order valence-electron chi connectivity index (χ2n) is 6.15. The quantitative estimate of drug-likeness (QED) is 0.410. The zero-order valence-electron chi connectivity index (χ0n) is 14.5. The maximum Gasteiger partial charge on any atom is 0.338 e. The predicted molar refractivity (Wildman–Crippen MR) is 106 cm³/mol. The number of aliphatic hydroxyl groups is 1. The minimum atomic E-state index is -1.40. The van der Waals surface area contributed by atoms with Crippen molar-refractivity contribution in [2.24, 2.45) is 0 Å². The summed E-state index contributed by atoms with van der Waals surface area (Å²) in [6, 6.07) is 16.9. The van der Waals surface area contributed by atoms with Gasteiger partial charge >= 0.3 is 11.9 Å². The Kier molecular flexibility index (Phi) is 6.46. The first-order valence-electron chi connectivity index (χ1n) is 8.47. The van der Waals surface area contributed by atoms with Crippen LogP contribution in [0.15, 0.2) is 60.7 Å². The van der Waals surface area contributed by atoms with Gasteiger partial charge in [0.15, 0.2) is 18.5 Å².